The lowest BCUT2D eigenvalue weighted by molar-refractivity contribution is -0.114. The van der Waals surface area contributed by atoms with Gasteiger partial charge in [0, 0.05) is 36.1 Å². The SMILES string of the molecule is C=CC(=O)N1CCOc2cc(/C=C/c3cc(-c4cnn(C)c4)cn4ncc(C#N)c34)ccc21. The summed E-state index contributed by atoms with van der Waals surface area (Å²) in [6.45, 7) is 4.49. The van der Waals surface area contributed by atoms with E-state index in [9.17, 15) is 10.1 Å². The first-order valence-electron chi connectivity index (χ1n) is 10.4. The maximum atomic E-state index is 12.1. The molecule has 8 heteroatoms. The minimum atomic E-state index is -0.151. The number of nitrogens with zero attached hydrogens (tertiary/aromatic N) is 6. The van der Waals surface area contributed by atoms with Crippen LogP contribution in [0.1, 0.15) is 16.7 Å². The average Bonchev–Trinajstić information content (AvgIpc) is 3.47. The standard InChI is InChI=1S/C25H20N6O2/c1-3-24(32)30-8-9-33-23-10-17(5-7-22(23)30)4-6-18-11-19(21-14-27-29(2)15-21)16-31-25(18)20(12-26)13-28-31/h3-7,10-11,13-16H,1,8-9H2,2H3/b6-4+. The van der Waals surface area contributed by atoms with Crippen molar-refractivity contribution in [2.45, 2.75) is 0 Å². The normalized spacial score (nSPS) is 13.0. The molecule has 1 aliphatic heterocycles. The van der Waals surface area contributed by atoms with Crippen LogP contribution in [-0.4, -0.2) is 38.5 Å². The Balaban J connectivity index is 1.55. The van der Waals surface area contributed by atoms with Crippen LogP contribution in [-0.2, 0) is 11.8 Å². The molecule has 1 aliphatic rings. The van der Waals surface area contributed by atoms with Crippen molar-refractivity contribution in [2.75, 3.05) is 18.1 Å². The van der Waals surface area contributed by atoms with Gasteiger partial charge in [0.05, 0.1) is 35.7 Å². The van der Waals surface area contributed by atoms with Gasteiger partial charge in [-0.05, 0) is 29.8 Å². The molecule has 0 radical (unpaired) electrons. The summed E-state index contributed by atoms with van der Waals surface area (Å²) in [5, 5.41) is 18.2. The number of benzene rings is 1. The maximum absolute atomic E-state index is 12.1. The Bertz CT molecular complexity index is 1470. The average molecular weight is 436 g/mol. The van der Waals surface area contributed by atoms with Crippen molar-refractivity contribution >= 4 is 29.3 Å². The summed E-state index contributed by atoms with van der Waals surface area (Å²) in [6.07, 6.45) is 12.4. The highest BCUT2D eigenvalue weighted by atomic mass is 16.5. The summed E-state index contributed by atoms with van der Waals surface area (Å²) < 4.78 is 9.25. The molecule has 0 aliphatic carbocycles. The Morgan fingerprint density at radius 3 is 2.82 bits per heavy atom. The lowest BCUT2D eigenvalue weighted by Gasteiger charge is -2.28. The molecule has 8 nitrogen and oxygen atoms in total. The first kappa shape index (κ1) is 20.3. The monoisotopic (exact) mass is 436 g/mol. The van der Waals surface area contributed by atoms with Gasteiger partial charge in [0.2, 0.25) is 0 Å². The smallest absolute Gasteiger partial charge is 0.250 e. The largest absolute Gasteiger partial charge is 0.490 e. The molecule has 4 aromatic rings. The fourth-order valence-corrected chi connectivity index (χ4v) is 3.96. The number of fused-ring (bicyclic) bond motifs is 2. The van der Waals surface area contributed by atoms with E-state index in [1.165, 1.54) is 6.08 Å². The van der Waals surface area contributed by atoms with Crippen LogP contribution in [0.15, 0.2) is 61.7 Å². The van der Waals surface area contributed by atoms with Crippen molar-refractivity contribution in [1.29, 1.82) is 5.26 Å². The van der Waals surface area contributed by atoms with Crippen LogP contribution in [0.3, 0.4) is 0 Å². The van der Waals surface area contributed by atoms with E-state index in [-0.39, 0.29) is 5.91 Å². The van der Waals surface area contributed by atoms with Crippen molar-refractivity contribution in [3.63, 3.8) is 0 Å². The van der Waals surface area contributed by atoms with Crippen LogP contribution in [0.25, 0.3) is 28.8 Å². The zero-order chi connectivity index (χ0) is 22.9. The predicted octanol–water partition coefficient (Wildman–Crippen LogP) is 3.69. The lowest BCUT2D eigenvalue weighted by Crippen LogP contribution is -2.36. The molecule has 4 heterocycles. The molecule has 0 spiro atoms. The number of pyridine rings is 1. The molecular formula is C25H20N6O2. The minimum absolute atomic E-state index is 0.151. The van der Waals surface area contributed by atoms with Gasteiger partial charge in [-0.3, -0.25) is 9.48 Å². The van der Waals surface area contributed by atoms with Gasteiger partial charge in [0.1, 0.15) is 18.4 Å². The van der Waals surface area contributed by atoms with Crippen molar-refractivity contribution < 1.29 is 9.53 Å². The first-order valence-corrected chi connectivity index (χ1v) is 10.4. The topological polar surface area (TPSA) is 88.5 Å². The third kappa shape index (κ3) is 3.66. The summed E-state index contributed by atoms with van der Waals surface area (Å²) in [4.78, 5) is 13.8. The molecule has 0 bridgehead atoms. The van der Waals surface area contributed by atoms with E-state index in [0.29, 0.717) is 24.5 Å². The Labute approximate surface area is 190 Å². The summed E-state index contributed by atoms with van der Waals surface area (Å²) in [7, 11) is 1.87. The van der Waals surface area contributed by atoms with Gasteiger partial charge in [-0.2, -0.15) is 15.5 Å². The van der Waals surface area contributed by atoms with Crippen LogP contribution in [0.5, 0.6) is 5.75 Å². The number of anilines is 1. The molecule has 1 aromatic carbocycles. The van der Waals surface area contributed by atoms with Gasteiger partial charge in [-0.25, -0.2) is 4.52 Å². The number of nitriles is 1. The van der Waals surface area contributed by atoms with E-state index < -0.39 is 0 Å². The minimum Gasteiger partial charge on any atom is -0.490 e. The van der Waals surface area contributed by atoms with Gasteiger partial charge in [-0.1, -0.05) is 24.8 Å². The molecule has 5 rings (SSSR count). The van der Waals surface area contributed by atoms with Gasteiger partial charge in [-0.15, -0.1) is 0 Å². The number of amides is 1. The zero-order valence-corrected chi connectivity index (χ0v) is 18.0. The quantitative estimate of drug-likeness (QED) is 0.455. The third-order valence-electron chi connectivity index (χ3n) is 5.54. The molecule has 0 saturated carbocycles. The van der Waals surface area contributed by atoms with Crippen molar-refractivity contribution in [1.82, 2.24) is 19.4 Å². The summed E-state index contributed by atoms with van der Waals surface area (Å²) in [5.41, 5.74) is 5.62. The van der Waals surface area contributed by atoms with E-state index in [0.717, 1.165) is 33.5 Å². The fourth-order valence-electron chi connectivity index (χ4n) is 3.96. The van der Waals surface area contributed by atoms with E-state index >= 15 is 0 Å². The number of aryl methyl sites for hydroxylation is 1. The second-order valence-corrected chi connectivity index (χ2v) is 7.65. The number of carbonyl (C=O) groups is 1. The van der Waals surface area contributed by atoms with Crippen molar-refractivity contribution in [3.05, 3.63) is 78.4 Å². The lowest BCUT2D eigenvalue weighted by atomic mass is 10.0. The van der Waals surface area contributed by atoms with Gasteiger partial charge in [0.15, 0.2) is 0 Å². The fraction of sp³-hybridized carbons (Fsp3) is 0.120. The number of hydrogen-bond donors (Lipinski definition) is 0. The number of aromatic nitrogens is 4. The molecule has 33 heavy (non-hydrogen) atoms. The van der Waals surface area contributed by atoms with Crippen LogP contribution in [0.4, 0.5) is 5.69 Å². The number of rotatable bonds is 4. The van der Waals surface area contributed by atoms with Crippen molar-refractivity contribution in [2.24, 2.45) is 7.05 Å². The van der Waals surface area contributed by atoms with E-state index in [1.807, 2.05) is 55.9 Å². The molecule has 0 atom stereocenters. The third-order valence-corrected chi connectivity index (χ3v) is 5.54. The summed E-state index contributed by atoms with van der Waals surface area (Å²) >= 11 is 0. The molecule has 0 N–H and O–H groups in total. The van der Waals surface area contributed by atoms with Crippen LogP contribution < -0.4 is 9.64 Å². The molecule has 0 fully saturated rings. The molecule has 0 unspecified atom stereocenters. The Hall–Kier alpha value is -4.64. The molecular weight excluding hydrogens is 416 g/mol. The number of carbonyl (C=O) groups excluding carboxylic acids is 1. The molecule has 0 saturated heterocycles. The maximum Gasteiger partial charge on any atom is 0.250 e. The van der Waals surface area contributed by atoms with Crippen LogP contribution >= 0.6 is 0 Å². The van der Waals surface area contributed by atoms with E-state index in [2.05, 4.69) is 22.8 Å². The second kappa shape index (κ2) is 8.13. The van der Waals surface area contributed by atoms with Crippen LogP contribution in [0.2, 0.25) is 0 Å². The molecule has 1 amide bonds. The van der Waals surface area contributed by atoms with Crippen LogP contribution in [0, 0.1) is 11.3 Å². The summed E-state index contributed by atoms with van der Waals surface area (Å²) in [6, 6.07) is 9.93. The number of hydrogen-bond acceptors (Lipinski definition) is 5. The first-order chi connectivity index (χ1) is 16.1. The Morgan fingerprint density at radius 2 is 2.06 bits per heavy atom. The number of ether oxygens (including phenoxy) is 1. The van der Waals surface area contributed by atoms with Gasteiger partial charge < -0.3 is 9.64 Å². The van der Waals surface area contributed by atoms with E-state index in [1.54, 1.807) is 26.5 Å². The highest BCUT2D eigenvalue weighted by molar-refractivity contribution is 6.02. The zero-order valence-electron chi connectivity index (χ0n) is 18.0. The molecule has 3 aromatic heterocycles. The van der Waals surface area contributed by atoms with E-state index in [4.69, 9.17) is 4.74 Å². The highest BCUT2D eigenvalue weighted by Gasteiger charge is 2.22. The Kier molecular flexibility index (Phi) is 4.99. The predicted molar refractivity (Wildman–Crippen MR) is 126 cm³/mol. The highest BCUT2D eigenvalue weighted by Crippen LogP contribution is 2.33. The Morgan fingerprint density at radius 1 is 1.18 bits per heavy atom. The van der Waals surface area contributed by atoms with Crippen molar-refractivity contribution in [3.8, 4) is 22.9 Å². The summed E-state index contributed by atoms with van der Waals surface area (Å²) in [5.74, 6) is 0.497. The molecule has 162 valence electrons. The second-order valence-electron chi connectivity index (χ2n) is 7.65. The van der Waals surface area contributed by atoms with Gasteiger partial charge >= 0.3 is 0 Å². The van der Waals surface area contributed by atoms with Gasteiger partial charge in [0.25, 0.3) is 5.91 Å².